The normalized spacial score (nSPS) is 28.3. The maximum atomic E-state index is 10.1. The van der Waals surface area contributed by atoms with Crippen LogP contribution in [0, 0.1) is 11.8 Å². The van der Waals surface area contributed by atoms with Crippen molar-refractivity contribution in [1.82, 2.24) is 4.98 Å². The number of benzene rings is 1. The summed E-state index contributed by atoms with van der Waals surface area (Å²) in [6.07, 6.45) is 3.70. The average Bonchev–Trinajstić information content (AvgIpc) is 3.08. The molecular weight excluding hydrogens is 264 g/mol. The van der Waals surface area contributed by atoms with Crippen molar-refractivity contribution in [3.05, 3.63) is 36.0 Å². The predicted molar refractivity (Wildman–Crippen MR) is 82.1 cm³/mol. The smallest absolute Gasteiger partial charge is 0.136 e. The van der Waals surface area contributed by atoms with Crippen LogP contribution in [0.2, 0.25) is 0 Å². The van der Waals surface area contributed by atoms with Gasteiger partial charge < -0.3 is 15.1 Å². The van der Waals surface area contributed by atoms with Crippen molar-refractivity contribution in [2.75, 3.05) is 18.0 Å². The fourth-order valence-electron chi connectivity index (χ4n) is 4.02. The lowest BCUT2D eigenvalue weighted by atomic mass is 10.00. The number of nitrogens with zero attached hydrogens (tertiary/aromatic N) is 2. The lowest BCUT2D eigenvalue weighted by Crippen LogP contribution is -2.25. The molecule has 3 atom stereocenters. The third-order valence-electron chi connectivity index (χ3n) is 5.15. The molecule has 4 nitrogen and oxygen atoms in total. The molecule has 4 heteroatoms. The van der Waals surface area contributed by atoms with Crippen molar-refractivity contribution in [3.8, 4) is 0 Å². The lowest BCUT2D eigenvalue weighted by Gasteiger charge is -2.21. The zero-order chi connectivity index (χ0) is 14.4. The highest BCUT2D eigenvalue weighted by Crippen LogP contribution is 2.41. The average molecular weight is 284 g/mol. The number of rotatable bonds is 2. The quantitative estimate of drug-likeness (QED) is 0.885. The molecule has 0 amide bonds. The molecule has 1 saturated carbocycles. The second-order valence-corrected chi connectivity index (χ2v) is 6.28. The van der Waals surface area contributed by atoms with Gasteiger partial charge in [-0.2, -0.15) is 0 Å². The van der Waals surface area contributed by atoms with Crippen molar-refractivity contribution < 1.29 is 10.2 Å². The van der Waals surface area contributed by atoms with E-state index >= 15 is 0 Å². The van der Waals surface area contributed by atoms with Gasteiger partial charge in [0, 0.05) is 36.2 Å². The Kier molecular flexibility index (Phi) is 3.08. The first-order valence-electron chi connectivity index (χ1n) is 7.68. The number of aliphatic hydroxyl groups is 2. The molecular formula is C17H20N2O2. The molecule has 110 valence electrons. The van der Waals surface area contributed by atoms with Crippen molar-refractivity contribution in [2.45, 2.75) is 25.6 Å². The molecule has 21 heavy (non-hydrogen) atoms. The van der Waals surface area contributed by atoms with Gasteiger partial charge in [-0.05, 0) is 24.1 Å². The third kappa shape index (κ3) is 2.01. The minimum absolute atomic E-state index is 0.0117. The first-order chi connectivity index (χ1) is 10.3. The van der Waals surface area contributed by atoms with E-state index in [0.717, 1.165) is 48.1 Å². The first kappa shape index (κ1) is 13.0. The summed E-state index contributed by atoms with van der Waals surface area (Å²) in [6.45, 7) is 1.89. The number of aromatic nitrogens is 1. The maximum Gasteiger partial charge on any atom is 0.136 e. The molecule has 2 heterocycles. The summed E-state index contributed by atoms with van der Waals surface area (Å²) in [6, 6.07) is 8.12. The van der Waals surface area contributed by atoms with Crippen molar-refractivity contribution in [2.24, 2.45) is 11.8 Å². The van der Waals surface area contributed by atoms with Crippen LogP contribution in [0.4, 0.5) is 5.82 Å². The second kappa shape index (κ2) is 4.97. The van der Waals surface area contributed by atoms with Gasteiger partial charge >= 0.3 is 0 Å². The van der Waals surface area contributed by atoms with Gasteiger partial charge in [0.1, 0.15) is 5.82 Å². The fourth-order valence-corrected chi connectivity index (χ4v) is 4.02. The Morgan fingerprint density at radius 2 is 1.95 bits per heavy atom. The molecule has 2 N–H and O–H groups in total. The van der Waals surface area contributed by atoms with Gasteiger partial charge in [0.25, 0.3) is 0 Å². The molecule has 2 aliphatic rings. The van der Waals surface area contributed by atoms with E-state index in [1.807, 2.05) is 18.2 Å². The Morgan fingerprint density at radius 3 is 2.71 bits per heavy atom. The van der Waals surface area contributed by atoms with Crippen LogP contribution < -0.4 is 4.90 Å². The Balaban J connectivity index is 1.75. The molecule has 1 aromatic carbocycles. The summed E-state index contributed by atoms with van der Waals surface area (Å²) >= 11 is 0. The monoisotopic (exact) mass is 284 g/mol. The van der Waals surface area contributed by atoms with Crippen LogP contribution in [-0.2, 0) is 6.61 Å². The van der Waals surface area contributed by atoms with Gasteiger partial charge in [0.05, 0.1) is 12.7 Å². The van der Waals surface area contributed by atoms with Crippen LogP contribution in [0.15, 0.2) is 30.5 Å². The predicted octanol–water partition coefficient (Wildman–Crippen LogP) is 1.93. The Bertz CT molecular complexity index is 673. The summed E-state index contributed by atoms with van der Waals surface area (Å²) < 4.78 is 0. The summed E-state index contributed by atoms with van der Waals surface area (Å²) in [7, 11) is 0. The molecule has 4 rings (SSSR count). The maximum absolute atomic E-state index is 10.1. The van der Waals surface area contributed by atoms with Crippen molar-refractivity contribution in [3.63, 3.8) is 0 Å². The molecule has 0 spiro atoms. The summed E-state index contributed by atoms with van der Waals surface area (Å²) in [4.78, 5) is 6.90. The molecule has 0 bridgehead atoms. The van der Waals surface area contributed by atoms with Gasteiger partial charge in [0.2, 0.25) is 0 Å². The number of pyridine rings is 1. The highest BCUT2D eigenvalue weighted by atomic mass is 16.3. The molecule has 1 aliphatic carbocycles. The van der Waals surface area contributed by atoms with Crippen molar-refractivity contribution >= 4 is 16.6 Å². The number of fused-ring (bicyclic) bond motifs is 2. The summed E-state index contributed by atoms with van der Waals surface area (Å²) in [5, 5.41) is 21.7. The molecule has 2 aromatic rings. The molecule has 0 radical (unpaired) electrons. The zero-order valence-electron chi connectivity index (χ0n) is 11.9. The Morgan fingerprint density at radius 1 is 1.14 bits per heavy atom. The summed E-state index contributed by atoms with van der Waals surface area (Å²) in [5.41, 5.74) is 0.869. The molecule has 1 aromatic heterocycles. The number of hydrogen-bond acceptors (Lipinski definition) is 4. The van der Waals surface area contributed by atoms with E-state index in [2.05, 4.69) is 16.0 Å². The van der Waals surface area contributed by atoms with E-state index in [-0.39, 0.29) is 12.7 Å². The van der Waals surface area contributed by atoms with Crippen LogP contribution in [0.5, 0.6) is 0 Å². The van der Waals surface area contributed by atoms with Gasteiger partial charge in [-0.15, -0.1) is 0 Å². The van der Waals surface area contributed by atoms with E-state index in [4.69, 9.17) is 0 Å². The van der Waals surface area contributed by atoms with E-state index in [1.54, 1.807) is 6.20 Å². The van der Waals surface area contributed by atoms with Crippen LogP contribution in [0.1, 0.15) is 18.4 Å². The van der Waals surface area contributed by atoms with Crippen LogP contribution in [0.3, 0.4) is 0 Å². The van der Waals surface area contributed by atoms with Crippen LogP contribution >= 0.6 is 0 Å². The molecule has 3 unspecified atom stereocenters. The number of anilines is 1. The minimum atomic E-state index is -0.150. The summed E-state index contributed by atoms with van der Waals surface area (Å²) in [5.74, 6) is 1.98. The fraction of sp³-hybridized carbons (Fsp3) is 0.471. The van der Waals surface area contributed by atoms with E-state index in [0.29, 0.717) is 11.8 Å². The molecule has 1 aliphatic heterocycles. The molecule has 1 saturated heterocycles. The minimum Gasteiger partial charge on any atom is -0.393 e. The topological polar surface area (TPSA) is 56.6 Å². The largest absolute Gasteiger partial charge is 0.393 e. The Labute approximate surface area is 124 Å². The highest BCUT2D eigenvalue weighted by Gasteiger charge is 2.42. The standard InChI is InChI=1S/C17H20N2O2/c20-10-12-7-18-17(14-4-2-1-3-13(12)14)19-8-11-5-6-16(21)15(11)9-19/h1-4,7,11,15-16,20-21H,5-6,8-10H2. The van der Waals surface area contributed by atoms with Gasteiger partial charge in [0.15, 0.2) is 0 Å². The Hall–Kier alpha value is -1.65. The van der Waals surface area contributed by atoms with Crippen molar-refractivity contribution in [1.29, 1.82) is 0 Å². The highest BCUT2D eigenvalue weighted by molar-refractivity contribution is 5.94. The van der Waals surface area contributed by atoms with Gasteiger partial charge in [-0.25, -0.2) is 4.98 Å². The lowest BCUT2D eigenvalue weighted by molar-refractivity contribution is 0.133. The van der Waals surface area contributed by atoms with Crippen LogP contribution in [0.25, 0.3) is 10.8 Å². The number of hydrogen-bond donors (Lipinski definition) is 2. The van der Waals surface area contributed by atoms with Crippen LogP contribution in [-0.4, -0.2) is 34.4 Å². The third-order valence-corrected chi connectivity index (χ3v) is 5.15. The van der Waals surface area contributed by atoms with Gasteiger partial charge in [-0.3, -0.25) is 0 Å². The van der Waals surface area contributed by atoms with E-state index < -0.39 is 0 Å². The second-order valence-electron chi connectivity index (χ2n) is 6.28. The van der Waals surface area contributed by atoms with E-state index in [9.17, 15) is 10.2 Å². The molecule has 2 fully saturated rings. The SMILES string of the molecule is OCc1cnc(N2CC3CCC(O)C3C2)c2ccccc12. The number of aliphatic hydroxyl groups excluding tert-OH is 2. The first-order valence-corrected chi connectivity index (χ1v) is 7.68. The van der Waals surface area contributed by atoms with E-state index in [1.165, 1.54) is 0 Å². The van der Waals surface area contributed by atoms with Gasteiger partial charge in [-0.1, -0.05) is 24.3 Å². The zero-order valence-corrected chi connectivity index (χ0v) is 11.9.